The van der Waals surface area contributed by atoms with E-state index in [4.69, 9.17) is 11.6 Å². The van der Waals surface area contributed by atoms with Gasteiger partial charge in [0.25, 0.3) is 0 Å². The summed E-state index contributed by atoms with van der Waals surface area (Å²) < 4.78 is 0. The number of benzene rings is 1. The summed E-state index contributed by atoms with van der Waals surface area (Å²) in [6.45, 7) is 4.17. The lowest BCUT2D eigenvalue weighted by molar-refractivity contribution is -0.116. The maximum Gasteiger partial charge on any atom is 0.226 e. The van der Waals surface area contributed by atoms with Gasteiger partial charge in [-0.2, -0.15) is 0 Å². The third-order valence-corrected chi connectivity index (χ3v) is 4.12. The Morgan fingerprint density at radius 1 is 1.35 bits per heavy atom. The van der Waals surface area contributed by atoms with Crippen molar-refractivity contribution in [2.45, 2.75) is 26.7 Å². The van der Waals surface area contributed by atoms with E-state index in [2.05, 4.69) is 42.3 Å². The summed E-state index contributed by atoms with van der Waals surface area (Å²) in [5.41, 5.74) is 4.47. The van der Waals surface area contributed by atoms with E-state index in [-0.39, 0.29) is 5.91 Å². The lowest BCUT2D eigenvalue weighted by Gasteiger charge is -2.02. The quantitative estimate of drug-likeness (QED) is 0.833. The van der Waals surface area contributed by atoms with Gasteiger partial charge in [-0.25, -0.2) is 4.98 Å². The number of thiazole rings is 1. The van der Waals surface area contributed by atoms with Crippen LogP contribution in [-0.4, -0.2) is 16.8 Å². The highest BCUT2D eigenvalue weighted by Crippen LogP contribution is 2.26. The number of carbonyl (C=O) groups is 1. The molecule has 5 heteroatoms. The van der Waals surface area contributed by atoms with Crippen LogP contribution in [0.2, 0.25) is 0 Å². The fourth-order valence-corrected chi connectivity index (χ4v) is 2.64. The fourth-order valence-electron chi connectivity index (χ4n) is 1.77. The Morgan fingerprint density at radius 2 is 2.15 bits per heavy atom. The van der Waals surface area contributed by atoms with Gasteiger partial charge < -0.3 is 5.32 Å². The van der Waals surface area contributed by atoms with E-state index >= 15 is 0 Å². The van der Waals surface area contributed by atoms with Crippen LogP contribution in [0.15, 0.2) is 23.6 Å². The van der Waals surface area contributed by atoms with Crippen LogP contribution >= 0.6 is 22.9 Å². The van der Waals surface area contributed by atoms with Gasteiger partial charge in [0.15, 0.2) is 5.13 Å². The van der Waals surface area contributed by atoms with E-state index in [9.17, 15) is 4.79 Å². The minimum Gasteiger partial charge on any atom is -0.302 e. The van der Waals surface area contributed by atoms with E-state index in [1.54, 1.807) is 0 Å². The van der Waals surface area contributed by atoms with Crippen molar-refractivity contribution in [1.82, 2.24) is 4.98 Å². The summed E-state index contributed by atoms with van der Waals surface area (Å²) in [7, 11) is 0. The van der Waals surface area contributed by atoms with E-state index in [0.29, 0.717) is 23.9 Å². The zero-order chi connectivity index (χ0) is 14.5. The number of amides is 1. The fraction of sp³-hybridized carbons (Fsp3) is 0.333. The minimum absolute atomic E-state index is 0.0355. The van der Waals surface area contributed by atoms with Gasteiger partial charge in [0.1, 0.15) is 0 Å². The number of aromatic nitrogens is 1. The van der Waals surface area contributed by atoms with Crippen LogP contribution in [0.1, 0.15) is 24.0 Å². The van der Waals surface area contributed by atoms with Crippen LogP contribution in [-0.2, 0) is 4.79 Å². The highest BCUT2D eigenvalue weighted by Gasteiger charge is 2.08. The van der Waals surface area contributed by atoms with E-state index < -0.39 is 0 Å². The molecule has 1 heterocycles. The molecule has 1 amide bonds. The molecule has 1 aromatic carbocycles. The monoisotopic (exact) mass is 308 g/mol. The highest BCUT2D eigenvalue weighted by atomic mass is 35.5. The molecule has 0 aliphatic carbocycles. The first kappa shape index (κ1) is 15.0. The zero-order valence-electron chi connectivity index (χ0n) is 11.6. The van der Waals surface area contributed by atoms with Crippen molar-refractivity contribution in [3.63, 3.8) is 0 Å². The van der Waals surface area contributed by atoms with E-state index in [1.807, 2.05) is 5.38 Å². The number of nitrogens with one attached hydrogen (secondary N) is 1. The van der Waals surface area contributed by atoms with Crippen molar-refractivity contribution in [2.75, 3.05) is 11.2 Å². The molecule has 2 aromatic rings. The van der Waals surface area contributed by atoms with E-state index in [1.165, 1.54) is 22.5 Å². The molecule has 0 bridgehead atoms. The van der Waals surface area contributed by atoms with Crippen LogP contribution in [0.3, 0.4) is 0 Å². The molecule has 0 saturated carbocycles. The van der Waals surface area contributed by atoms with Gasteiger partial charge in [0, 0.05) is 23.2 Å². The lowest BCUT2D eigenvalue weighted by Crippen LogP contribution is -2.10. The first-order valence-corrected chi connectivity index (χ1v) is 7.90. The van der Waals surface area contributed by atoms with Crippen molar-refractivity contribution >= 4 is 34.0 Å². The molecule has 0 aliphatic heterocycles. The summed E-state index contributed by atoms with van der Waals surface area (Å²) in [5.74, 6) is 0.464. The molecule has 1 aromatic heterocycles. The van der Waals surface area contributed by atoms with Crippen LogP contribution < -0.4 is 5.32 Å². The molecular formula is C15H17ClN2OS. The maximum atomic E-state index is 11.6. The number of alkyl halides is 1. The average Bonchev–Trinajstić information content (AvgIpc) is 2.88. The number of anilines is 1. The second-order valence-corrected chi connectivity index (χ2v) is 5.91. The SMILES string of the molecule is Cc1ccc(-c2csc(NC(=O)CCCCl)n2)cc1C. The zero-order valence-corrected chi connectivity index (χ0v) is 13.1. The third-order valence-electron chi connectivity index (χ3n) is 3.09. The number of hydrogen-bond acceptors (Lipinski definition) is 3. The Labute approximate surface area is 128 Å². The lowest BCUT2D eigenvalue weighted by atomic mass is 10.1. The molecular weight excluding hydrogens is 292 g/mol. The van der Waals surface area contributed by atoms with Gasteiger partial charge in [-0.15, -0.1) is 22.9 Å². The summed E-state index contributed by atoms with van der Waals surface area (Å²) in [5, 5.41) is 5.40. The standard InChI is InChI=1S/C15H17ClN2OS/c1-10-5-6-12(8-11(10)2)13-9-20-15(17-13)18-14(19)4-3-7-16/h5-6,8-9H,3-4,7H2,1-2H3,(H,17,18,19). The normalized spacial score (nSPS) is 10.6. The first-order valence-electron chi connectivity index (χ1n) is 6.49. The molecule has 3 nitrogen and oxygen atoms in total. The second-order valence-electron chi connectivity index (χ2n) is 4.68. The second kappa shape index (κ2) is 6.86. The summed E-state index contributed by atoms with van der Waals surface area (Å²) in [4.78, 5) is 16.1. The van der Waals surface area contributed by atoms with Crippen molar-refractivity contribution in [2.24, 2.45) is 0 Å². The Kier molecular flexibility index (Phi) is 5.15. The molecule has 2 rings (SSSR count). The first-order chi connectivity index (χ1) is 9.60. The molecule has 0 atom stereocenters. The van der Waals surface area contributed by atoms with Gasteiger partial charge in [0.2, 0.25) is 5.91 Å². The number of carbonyl (C=O) groups excluding carboxylic acids is 1. The van der Waals surface area contributed by atoms with Crippen molar-refractivity contribution in [3.8, 4) is 11.3 Å². The number of hydrogen-bond donors (Lipinski definition) is 1. The molecule has 0 saturated heterocycles. The molecule has 0 radical (unpaired) electrons. The number of halogens is 1. The summed E-state index contributed by atoms with van der Waals surface area (Å²) in [6.07, 6.45) is 1.12. The van der Waals surface area contributed by atoms with Gasteiger partial charge in [-0.05, 0) is 37.5 Å². The van der Waals surface area contributed by atoms with Crippen molar-refractivity contribution in [1.29, 1.82) is 0 Å². The third kappa shape index (κ3) is 3.81. The Bertz CT molecular complexity index is 610. The molecule has 0 fully saturated rings. The van der Waals surface area contributed by atoms with Gasteiger partial charge in [-0.3, -0.25) is 4.79 Å². The van der Waals surface area contributed by atoms with E-state index in [0.717, 1.165) is 11.3 Å². The molecule has 20 heavy (non-hydrogen) atoms. The smallest absolute Gasteiger partial charge is 0.226 e. The Balaban J connectivity index is 2.08. The predicted octanol–water partition coefficient (Wildman–Crippen LogP) is 4.38. The number of nitrogens with zero attached hydrogens (tertiary/aromatic N) is 1. The average molecular weight is 309 g/mol. The predicted molar refractivity (Wildman–Crippen MR) is 85.6 cm³/mol. The minimum atomic E-state index is -0.0355. The molecule has 0 spiro atoms. The molecule has 106 valence electrons. The van der Waals surface area contributed by atoms with Gasteiger partial charge in [0.05, 0.1) is 5.69 Å². The summed E-state index contributed by atoms with van der Waals surface area (Å²) in [6, 6.07) is 6.25. The van der Waals surface area contributed by atoms with Crippen LogP contribution in [0.5, 0.6) is 0 Å². The molecule has 0 unspecified atom stereocenters. The molecule has 0 aliphatic rings. The van der Waals surface area contributed by atoms with Crippen LogP contribution in [0.4, 0.5) is 5.13 Å². The van der Waals surface area contributed by atoms with Crippen LogP contribution in [0, 0.1) is 13.8 Å². The van der Waals surface area contributed by atoms with Crippen LogP contribution in [0.25, 0.3) is 11.3 Å². The number of aryl methyl sites for hydroxylation is 2. The maximum absolute atomic E-state index is 11.6. The van der Waals surface area contributed by atoms with Crippen molar-refractivity contribution in [3.05, 3.63) is 34.7 Å². The summed E-state index contributed by atoms with van der Waals surface area (Å²) >= 11 is 7.01. The van der Waals surface area contributed by atoms with Crippen molar-refractivity contribution < 1.29 is 4.79 Å². The largest absolute Gasteiger partial charge is 0.302 e. The molecule has 1 N–H and O–H groups in total. The highest BCUT2D eigenvalue weighted by molar-refractivity contribution is 7.14. The van der Waals surface area contributed by atoms with Gasteiger partial charge in [-0.1, -0.05) is 12.1 Å². The Morgan fingerprint density at radius 3 is 2.85 bits per heavy atom. The topological polar surface area (TPSA) is 42.0 Å². The van der Waals surface area contributed by atoms with Gasteiger partial charge >= 0.3 is 0 Å². The number of rotatable bonds is 5. The Hall–Kier alpha value is -1.39.